The Labute approximate surface area is 148 Å². The van der Waals surface area contributed by atoms with Crippen molar-refractivity contribution in [2.45, 2.75) is 4.90 Å². The van der Waals surface area contributed by atoms with Crippen molar-refractivity contribution < 1.29 is 17.6 Å². The third-order valence-electron chi connectivity index (χ3n) is 3.56. The molecule has 0 unspecified atom stereocenters. The number of sulfone groups is 1. The Hall–Kier alpha value is -2.51. The van der Waals surface area contributed by atoms with Gasteiger partial charge in [0.25, 0.3) is 5.24 Å². The smallest absolute Gasteiger partial charge is 0.272 e. The minimum atomic E-state index is -3.32. The lowest BCUT2D eigenvalue weighted by Crippen LogP contribution is -2.01. The van der Waals surface area contributed by atoms with Crippen molar-refractivity contribution in [1.82, 2.24) is 9.78 Å². The number of hydrogen-bond acceptors (Lipinski definition) is 4. The summed E-state index contributed by atoms with van der Waals surface area (Å²) in [5.74, 6) is -0.399. The molecule has 1 aromatic heterocycles. The summed E-state index contributed by atoms with van der Waals surface area (Å²) in [7, 11) is -3.32. The molecule has 0 N–H and O–H groups in total. The van der Waals surface area contributed by atoms with Crippen molar-refractivity contribution in [3.8, 4) is 16.9 Å². The van der Waals surface area contributed by atoms with Gasteiger partial charge < -0.3 is 0 Å². The van der Waals surface area contributed by atoms with E-state index >= 15 is 0 Å². The zero-order valence-electron chi connectivity index (χ0n) is 13.0. The van der Waals surface area contributed by atoms with Crippen molar-refractivity contribution in [2.24, 2.45) is 0 Å². The standard InChI is InChI=1S/C17H12ClFN2O3S/c1-25(23,24)14-8-2-11(3-9-14)16-10-15(17(18)22)20-21(16)13-6-4-12(19)5-7-13/h2-10H,1H3. The van der Waals surface area contributed by atoms with Gasteiger partial charge in [0.1, 0.15) is 11.5 Å². The van der Waals surface area contributed by atoms with Crippen molar-refractivity contribution in [3.63, 3.8) is 0 Å². The van der Waals surface area contributed by atoms with E-state index in [0.717, 1.165) is 6.26 Å². The van der Waals surface area contributed by atoms with E-state index in [1.54, 1.807) is 12.1 Å². The SMILES string of the molecule is CS(=O)(=O)c1ccc(-c2cc(C(=O)Cl)nn2-c2ccc(F)cc2)cc1. The van der Waals surface area contributed by atoms with E-state index in [1.807, 2.05) is 0 Å². The second-order valence-electron chi connectivity index (χ2n) is 5.37. The summed E-state index contributed by atoms with van der Waals surface area (Å²) in [6, 6.07) is 13.2. The summed E-state index contributed by atoms with van der Waals surface area (Å²) in [4.78, 5) is 11.6. The molecule has 0 aliphatic heterocycles. The molecule has 128 valence electrons. The monoisotopic (exact) mass is 378 g/mol. The van der Waals surface area contributed by atoms with Crippen LogP contribution in [-0.2, 0) is 9.84 Å². The molecule has 0 radical (unpaired) electrons. The molecule has 0 amide bonds. The Bertz CT molecular complexity index is 1040. The van der Waals surface area contributed by atoms with Crippen LogP contribution in [0.25, 0.3) is 16.9 Å². The van der Waals surface area contributed by atoms with E-state index in [9.17, 15) is 17.6 Å². The van der Waals surface area contributed by atoms with E-state index in [-0.39, 0.29) is 10.6 Å². The highest BCUT2D eigenvalue weighted by Crippen LogP contribution is 2.26. The van der Waals surface area contributed by atoms with Gasteiger partial charge in [-0.05, 0) is 54.1 Å². The van der Waals surface area contributed by atoms with Crippen LogP contribution < -0.4 is 0 Å². The van der Waals surface area contributed by atoms with E-state index in [1.165, 1.54) is 47.1 Å². The highest BCUT2D eigenvalue weighted by Gasteiger charge is 2.16. The molecule has 3 aromatic rings. The molecule has 3 rings (SSSR count). The molecule has 0 aliphatic rings. The predicted molar refractivity (Wildman–Crippen MR) is 92.3 cm³/mol. The molecule has 0 fully saturated rings. The molecule has 0 aliphatic carbocycles. The zero-order valence-corrected chi connectivity index (χ0v) is 14.6. The Balaban J connectivity index is 2.14. The summed E-state index contributed by atoms with van der Waals surface area (Å²) < 4.78 is 37.8. The van der Waals surface area contributed by atoms with Gasteiger partial charge in [0.2, 0.25) is 0 Å². The molecule has 0 atom stereocenters. The van der Waals surface area contributed by atoms with Gasteiger partial charge in [0.15, 0.2) is 9.84 Å². The molecule has 1 heterocycles. The van der Waals surface area contributed by atoms with Gasteiger partial charge in [-0.3, -0.25) is 4.79 Å². The molecule has 0 spiro atoms. The molecule has 8 heteroatoms. The van der Waals surface area contributed by atoms with Crippen molar-refractivity contribution in [2.75, 3.05) is 6.26 Å². The zero-order chi connectivity index (χ0) is 18.2. The van der Waals surface area contributed by atoms with Crippen LogP contribution in [0.15, 0.2) is 59.5 Å². The van der Waals surface area contributed by atoms with Crippen LogP contribution in [0.5, 0.6) is 0 Å². The fourth-order valence-corrected chi connectivity index (χ4v) is 3.06. The maximum absolute atomic E-state index is 13.2. The maximum atomic E-state index is 13.2. The summed E-state index contributed by atoms with van der Waals surface area (Å²) in [6.45, 7) is 0. The Morgan fingerprint density at radius 1 is 1.08 bits per heavy atom. The first-order valence-corrected chi connectivity index (χ1v) is 9.39. The number of carbonyl (C=O) groups excluding carboxylic acids is 1. The maximum Gasteiger partial charge on any atom is 0.272 e. The number of rotatable bonds is 4. The molecule has 0 saturated carbocycles. The summed E-state index contributed by atoms with van der Waals surface area (Å²) in [5.41, 5.74) is 1.73. The first-order valence-electron chi connectivity index (χ1n) is 7.12. The second-order valence-corrected chi connectivity index (χ2v) is 7.73. The normalized spacial score (nSPS) is 11.5. The van der Waals surface area contributed by atoms with E-state index in [0.29, 0.717) is 16.9 Å². The Morgan fingerprint density at radius 2 is 1.68 bits per heavy atom. The topological polar surface area (TPSA) is 69.0 Å². The quantitative estimate of drug-likeness (QED) is 0.652. The van der Waals surface area contributed by atoms with E-state index in [4.69, 9.17) is 11.6 Å². The summed E-state index contributed by atoms with van der Waals surface area (Å²) in [5, 5.41) is 3.42. The van der Waals surface area contributed by atoms with Crippen LogP contribution in [-0.4, -0.2) is 29.7 Å². The Morgan fingerprint density at radius 3 is 2.20 bits per heavy atom. The first-order chi connectivity index (χ1) is 11.8. The highest BCUT2D eigenvalue weighted by atomic mass is 35.5. The minimum Gasteiger partial charge on any atom is -0.274 e. The summed E-state index contributed by atoms with van der Waals surface area (Å²) >= 11 is 5.52. The lowest BCUT2D eigenvalue weighted by molar-refractivity contribution is 0.107. The van der Waals surface area contributed by atoms with Gasteiger partial charge >= 0.3 is 0 Å². The van der Waals surface area contributed by atoms with Gasteiger partial charge in [-0.15, -0.1) is 0 Å². The average Bonchev–Trinajstić information content (AvgIpc) is 3.00. The van der Waals surface area contributed by atoms with Gasteiger partial charge in [-0.1, -0.05) is 12.1 Å². The van der Waals surface area contributed by atoms with Crippen molar-refractivity contribution >= 4 is 26.7 Å². The lowest BCUT2D eigenvalue weighted by Gasteiger charge is -2.08. The average molecular weight is 379 g/mol. The van der Waals surface area contributed by atoms with Crippen LogP contribution >= 0.6 is 11.6 Å². The largest absolute Gasteiger partial charge is 0.274 e. The molecular weight excluding hydrogens is 367 g/mol. The third-order valence-corrected chi connectivity index (χ3v) is 4.88. The predicted octanol–water partition coefficient (Wildman–Crippen LogP) is 3.46. The fourth-order valence-electron chi connectivity index (χ4n) is 2.33. The van der Waals surface area contributed by atoms with Crippen LogP contribution in [0.3, 0.4) is 0 Å². The number of benzene rings is 2. The van der Waals surface area contributed by atoms with E-state index in [2.05, 4.69) is 5.10 Å². The Kier molecular flexibility index (Phi) is 4.45. The molecular formula is C17H12ClFN2O3S. The molecule has 2 aromatic carbocycles. The first kappa shape index (κ1) is 17.3. The minimum absolute atomic E-state index is 0.0354. The highest BCUT2D eigenvalue weighted by molar-refractivity contribution is 7.90. The summed E-state index contributed by atoms with van der Waals surface area (Å²) in [6.07, 6.45) is 1.12. The van der Waals surface area contributed by atoms with Crippen molar-refractivity contribution in [3.05, 3.63) is 66.1 Å². The van der Waals surface area contributed by atoms with E-state index < -0.39 is 20.9 Å². The number of halogens is 2. The number of hydrogen-bond donors (Lipinski definition) is 0. The molecule has 5 nitrogen and oxygen atoms in total. The second kappa shape index (κ2) is 6.42. The van der Waals surface area contributed by atoms with Crippen LogP contribution in [0.4, 0.5) is 4.39 Å². The number of carbonyl (C=O) groups is 1. The molecule has 25 heavy (non-hydrogen) atoms. The van der Waals surface area contributed by atoms with Crippen molar-refractivity contribution in [1.29, 1.82) is 0 Å². The molecule has 0 saturated heterocycles. The van der Waals surface area contributed by atoms with Gasteiger partial charge in [0.05, 0.1) is 16.3 Å². The molecule has 0 bridgehead atoms. The van der Waals surface area contributed by atoms with Gasteiger partial charge in [-0.25, -0.2) is 17.5 Å². The number of aromatic nitrogens is 2. The fraction of sp³-hybridized carbons (Fsp3) is 0.0588. The van der Waals surface area contributed by atoms with Crippen LogP contribution in [0.2, 0.25) is 0 Å². The lowest BCUT2D eigenvalue weighted by atomic mass is 10.1. The number of nitrogens with zero attached hydrogens (tertiary/aromatic N) is 2. The van der Waals surface area contributed by atoms with Gasteiger partial charge in [-0.2, -0.15) is 5.10 Å². The van der Waals surface area contributed by atoms with Gasteiger partial charge in [0, 0.05) is 11.8 Å². The van der Waals surface area contributed by atoms with Crippen LogP contribution in [0.1, 0.15) is 10.5 Å². The van der Waals surface area contributed by atoms with Crippen LogP contribution in [0, 0.1) is 5.82 Å². The third kappa shape index (κ3) is 3.62.